The molecule has 0 aliphatic carbocycles. The first-order valence-corrected chi connectivity index (χ1v) is 11.1. The maximum Gasteiger partial charge on any atom is 0.241 e. The molecule has 0 amide bonds. The molecular weight excluding hydrogens is 338 g/mol. The highest BCUT2D eigenvalue weighted by atomic mass is 32.2. The SMILES string of the molecule is CCCC/C=C\[C@H](C)[C@H](NS(=O)(=O)c1ccc(C)cc1)SC(C)C. The fourth-order valence-electron chi connectivity index (χ4n) is 2.22. The van der Waals surface area contributed by atoms with Crippen LogP contribution in [0.4, 0.5) is 0 Å². The number of sulfonamides is 1. The van der Waals surface area contributed by atoms with Crippen LogP contribution in [0.3, 0.4) is 0 Å². The number of unbranched alkanes of at least 4 members (excludes halogenated alkanes) is 2. The summed E-state index contributed by atoms with van der Waals surface area (Å²) in [5.74, 6) is 0.134. The maximum atomic E-state index is 12.7. The van der Waals surface area contributed by atoms with Gasteiger partial charge in [-0.1, -0.05) is 70.4 Å². The summed E-state index contributed by atoms with van der Waals surface area (Å²) in [7, 11) is -3.51. The molecule has 1 rings (SSSR count). The Labute approximate surface area is 152 Å². The van der Waals surface area contributed by atoms with Crippen LogP contribution in [0, 0.1) is 12.8 Å². The Hall–Kier alpha value is -0.780. The number of rotatable bonds is 10. The monoisotopic (exact) mass is 369 g/mol. The van der Waals surface area contributed by atoms with E-state index in [9.17, 15) is 8.42 Å². The van der Waals surface area contributed by atoms with Gasteiger partial charge in [-0.25, -0.2) is 8.42 Å². The van der Waals surface area contributed by atoms with Crippen molar-refractivity contribution >= 4 is 21.8 Å². The minimum absolute atomic E-state index is 0.134. The summed E-state index contributed by atoms with van der Waals surface area (Å²) in [6.07, 6.45) is 7.68. The molecule has 0 bridgehead atoms. The van der Waals surface area contributed by atoms with Crippen molar-refractivity contribution in [2.45, 2.75) is 69.4 Å². The van der Waals surface area contributed by atoms with Gasteiger partial charge in [-0.05, 0) is 31.4 Å². The van der Waals surface area contributed by atoms with E-state index in [-0.39, 0.29) is 11.3 Å². The van der Waals surface area contributed by atoms with E-state index in [0.717, 1.165) is 12.0 Å². The molecule has 3 nitrogen and oxygen atoms in total. The van der Waals surface area contributed by atoms with Crippen molar-refractivity contribution in [3.05, 3.63) is 42.0 Å². The van der Waals surface area contributed by atoms with E-state index in [1.807, 2.05) is 19.1 Å². The maximum absolute atomic E-state index is 12.7. The Morgan fingerprint density at radius 3 is 2.33 bits per heavy atom. The number of thioether (sulfide) groups is 1. The van der Waals surface area contributed by atoms with Gasteiger partial charge in [0.15, 0.2) is 0 Å². The summed E-state index contributed by atoms with van der Waals surface area (Å²) in [4.78, 5) is 0.324. The lowest BCUT2D eigenvalue weighted by Gasteiger charge is -2.24. The van der Waals surface area contributed by atoms with E-state index < -0.39 is 10.0 Å². The molecule has 0 unspecified atom stereocenters. The second kappa shape index (κ2) is 10.3. The molecule has 0 heterocycles. The van der Waals surface area contributed by atoms with E-state index >= 15 is 0 Å². The Balaban J connectivity index is 2.87. The van der Waals surface area contributed by atoms with Crippen LogP contribution in [0.25, 0.3) is 0 Å². The van der Waals surface area contributed by atoms with Gasteiger partial charge in [-0.3, -0.25) is 0 Å². The van der Waals surface area contributed by atoms with Crippen LogP contribution >= 0.6 is 11.8 Å². The zero-order chi connectivity index (χ0) is 18.2. The first-order valence-electron chi connectivity index (χ1n) is 8.67. The highest BCUT2D eigenvalue weighted by Gasteiger charge is 2.24. The minimum atomic E-state index is -3.51. The Morgan fingerprint density at radius 2 is 1.79 bits per heavy atom. The van der Waals surface area contributed by atoms with Crippen molar-refractivity contribution < 1.29 is 8.42 Å². The second-order valence-corrected chi connectivity index (χ2v) is 9.91. The van der Waals surface area contributed by atoms with Crippen LogP contribution in [0.1, 0.15) is 52.5 Å². The molecule has 0 spiro atoms. The molecule has 0 saturated heterocycles. The molecule has 2 atom stereocenters. The highest BCUT2D eigenvalue weighted by molar-refractivity contribution is 8.01. The first-order chi connectivity index (χ1) is 11.3. The zero-order valence-corrected chi connectivity index (χ0v) is 17.1. The molecular formula is C19H31NO2S2. The topological polar surface area (TPSA) is 46.2 Å². The summed E-state index contributed by atoms with van der Waals surface area (Å²) in [6, 6.07) is 6.98. The molecule has 1 aromatic carbocycles. The van der Waals surface area contributed by atoms with Crippen LogP contribution in [0.15, 0.2) is 41.3 Å². The summed E-state index contributed by atoms with van der Waals surface area (Å²) in [5.41, 5.74) is 1.05. The molecule has 24 heavy (non-hydrogen) atoms. The Bertz CT molecular complexity index is 607. The van der Waals surface area contributed by atoms with Gasteiger partial charge in [-0.15, -0.1) is 11.8 Å². The predicted molar refractivity (Wildman–Crippen MR) is 106 cm³/mol. The van der Waals surface area contributed by atoms with Crippen LogP contribution in [0.5, 0.6) is 0 Å². The van der Waals surface area contributed by atoms with Crippen molar-refractivity contribution in [2.24, 2.45) is 5.92 Å². The normalized spacial score (nSPS) is 15.1. The fourth-order valence-corrected chi connectivity index (χ4v) is 4.90. The van der Waals surface area contributed by atoms with Gasteiger partial charge in [0.25, 0.3) is 0 Å². The Morgan fingerprint density at radius 1 is 1.17 bits per heavy atom. The van der Waals surface area contributed by atoms with Crippen LogP contribution in [-0.2, 0) is 10.0 Å². The molecule has 0 aromatic heterocycles. The number of allylic oxidation sites excluding steroid dienone is 1. The number of hydrogen-bond donors (Lipinski definition) is 1. The summed E-state index contributed by atoms with van der Waals surface area (Å²) in [6.45, 7) is 10.4. The lowest BCUT2D eigenvalue weighted by atomic mass is 10.1. The fraction of sp³-hybridized carbons (Fsp3) is 0.579. The average molecular weight is 370 g/mol. The van der Waals surface area contributed by atoms with Gasteiger partial charge in [0.2, 0.25) is 10.0 Å². The molecule has 0 aliphatic rings. The third-order valence-electron chi connectivity index (χ3n) is 3.66. The van der Waals surface area contributed by atoms with E-state index in [0.29, 0.717) is 10.1 Å². The van der Waals surface area contributed by atoms with E-state index in [1.165, 1.54) is 12.8 Å². The smallest absolute Gasteiger partial charge is 0.207 e. The first kappa shape index (κ1) is 21.3. The van der Waals surface area contributed by atoms with Gasteiger partial charge >= 0.3 is 0 Å². The average Bonchev–Trinajstić information content (AvgIpc) is 2.50. The van der Waals surface area contributed by atoms with Gasteiger partial charge in [0.1, 0.15) is 0 Å². The number of nitrogens with one attached hydrogen (secondary N) is 1. The molecule has 0 aliphatic heterocycles. The van der Waals surface area contributed by atoms with E-state index in [1.54, 1.807) is 23.9 Å². The van der Waals surface area contributed by atoms with Crippen molar-refractivity contribution in [2.75, 3.05) is 0 Å². The van der Waals surface area contributed by atoms with Crippen molar-refractivity contribution in [3.63, 3.8) is 0 Å². The molecule has 1 aromatic rings. The van der Waals surface area contributed by atoms with Crippen LogP contribution in [0.2, 0.25) is 0 Å². The number of aryl methyl sites for hydroxylation is 1. The van der Waals surface area contributed by atoms with Crippen LogP contribution in [-0.4, -0.2) is 19.0 Å². The van der Waals surface area contributed by atoms with Crippen molar-refractivity contribution in [3.8, 4) is 0 Å². The van der Waals surface area contributed by atoms with Crippen molar-refractivity contribution in [1.82, 2.24) is 4.72 Å². The molecule has 5 heteroatoms. The van der Waals surface area contributed by atoms with E-state index in [4.69, 9.17) is 0 Å². The van der Waals surface area contributed by atoms with Gasteiger partial charge < -0.3 is 0 Å². The summed E-state index contributed by atoms with van der Waals surface area (Å²) >= 11 is 1.65. The third-order valence-corrected chi connectivity index (χ3v) is 6.65. The second-order valence-electron chi connectivity index (χ2n) is 6.47. The molecule has 0 saturated carbocycles. The number of hydrogen-bond acceptors (Lipinski definition) is 3. The molecule has 1 N–H and O–H groups in total. The standard InChI is InChI=1S/C19H31NO2S2/c1-6-7-8-9-10-17(5)19(23-15(2)3)20-24(21,22)18-13-11-16(4)12-14-18/h9-15,17,19-20H,6-8H2,1-5H3/b10-9-/t17-,19+/m0/s1. The van der Waals surface area contributed by atoms with Gasteiger partial charge in [-0.2, -0.15) is 4.72 Å². The highest BCUT2D eigenvalue weighted by Crippen LogP contribution is 2.25. The minimum Gasteiger partial charge on any atom is -0.207 e. The van der Waals surface area contributed by atoms with Crippen LogP contribution < -0.4 is 4.72 Å². The zero-order valence-electron chi connectivity index (χ0n) is 15.5. The quantitative estimate of drug-likeness (QED) is 0.353. The number of benzene rings is 1. The molecule has 136 valence electrons. The third kappa shape index (κ3) is 7.41. The van der Waals surface area contributed by atoms with Gasteiger partial charge in [0, 0.05) is 5.25 Å². The van der Waals surface area contributed by atoms with E-state index in [2.05, 4.69) is 44.6 Å². The Kier molecular flexibility index (Phi) is 9.09. The summed E-state index contributed by atoms with van der Waals surface area (Å²) in [5, 5.41) is 0.177. The molecule has 0 radical (unpaired) electrons. The summed E-state index contributed by atoms with van der Waals surface area (Å²) < 4.78 is 28.2. The van der Waals surface area contributed by atoms with Crippen molar-refractivity contribution in [1.29, 1.82) is 0 Å². The molecule has 0 fully saturated rings. The lowest BCUT2D eigenvalue weighted by Crippen LogP contribution is -2.37. The largest absolute Gasteiger partial charge is 0.241 e. The van der Waals surface area contributed by atoms with Gasteiger partial charge in [0.05, 0.1) is 10.3 Å². The lowest BCUT2D eigenvalue weighted by molar-refractivity contribution is 0.559. The predicted octanol–water partition coefficient (Wildman–Crippen LogP) is 5.12.